The largest absolute Gasteiger partial charge is 0.349 e. The van der Waals surface area contributed by atoms with Gasteiger partial charge in [-0.15, -0.1) is 0 Å². The Balaban J connectivity index is 1.27. The number of hydrogen-bond donors (Lipinski definition) is 1. The number of amides is 1. The van der Waals surface area contributed by atoms with Crippen molar-refractivity contribution in [3.8, 4) is 11.3 Å². The highest BCUT2D eigenvalue weighted by atomic mass is 19.1. The molecule has 1 amide bonds. The highest BCUT2D eigenvalue weighted by Gasteiger charge is 2.20. The van der Waals surface area contributed by atoms with Crippen molar-refractivity contribution in [2.24, 2.45) is 0 Å². The first-order valence-electron chi connectivity index (χ1n) is 11.8. The van der Waals surface area contributed by atoms with Crippen molar-refractivity contribution in [1.82, 2.24) is 29.9 Å². The minimum Gasteiger partial charge on any atom is -0.349 e. The Kier molecular flexibility index (Phi) is 5.41. The molecule has 1 N–H and O–H groups in total. The molecule has 0 bridgehead atoms. The number of aromatic nitrogens is 5. The molecule has 0 atom stereocenters. The molecular weight excluding hydrogens is 443 g/mol. The van der Waals surface area contributed by atoms with Crippen molar-refractivity contribution in [3.63, 3.8) is 0 Å². The second-order valence-electron chi connectivity index (χ2n) is 8.96. The second kappa shape index (κ2) is 8.87. The van der Waals surface area contributed by atoms with Crippen LogP contribution in [0.3, 0.4) is 0 Å². The van der Waals surface area contributed by atoms with Gasteiger partial charge in [0.15, 0.2) is 0 Å². The van der Waals surface area contributed by atoms with E-state index in [9.17, 15) is 9.18 Å². The van der Waals surface area contributed by atoms with Crippen molar-refractivity contribution in [1.29, 1.82) is 0 Å². The number of carbonyl (C=O) groups excluding carboxylic acids is 1. The lowest BCUT2D eigenvalue weighted by atomic mass is 10.1. The van der Waals surface area contributed by atoms with Gasteiger partial charge in [0.05, 0.1) is 29.2 Å². The van der Waals surface area contributed by atoms with Crippen molar-refractivity contribution >= 4 is 22.6 Å². The highest BCUT2D eigenvalue weighted by molar-refractivity contribution is 5.95. The average Bonchev–Trinajstić information content (AvgIpc) is 3.53. The van der Waals surface area contributed by atoms with Gasteiger partial charge in [-0.2, -0.15) is 5.10 Å². The van der Waals surface area contributed by atoms with Crippen LogP contribution in [0.4, 0.5) is 4.39 Å². The van der Waals surface area contributed by atoms with E-state index in [-0.39, 0.29) is 17.5 Å². The fourth-order valence-electron chi connectivity index (χ4n) is 4.71. The van der Waals surface area contributed by atoms with Gasteiger partial charge in [-0.25, -0.2) is 18.9 Å². The van der Waals surface area contributed by atoms with Crippen LogP contribution in [0.25, 0.3) is 27.9 Å². The standard InChI is InChI=1S/C27H23FN6O/c28-23-14-19(8-9-22(23)26(35)32-20-5-1-2-6-20)25-16-31-27-30-15-21(34(27)33-25)13-17-7-10-24-18(12-17)4-3-11-29-24/h3-4,7-12,14-16,20H,1-2,5-6,13H2,(H,32,35). The fourth-order valence-corrected chi connectivity index (χ4v) is 4.71. The Hall–Kier alpha value is -4.20. The average molecular weight is 467 g/mol. The van der Waals surface area contributed by atoms with Crippen molar-refractivity contribution < 1.29 is 9.18 Å². The van der Waals surface area contributed by atoms with Gasteiger partial charge >= 0.3 is 0 Å². The van der Waals surface area contributed by atoms with E-state index in [1.54, 1.807) is 29.2 Å². The molecule has 35 heavy (non-hydrogen) atoms. The maximum Gasteiger partial charge on any atom is 0.254 e. The Morgan fingerprint density at radius 1 is 1.03 bits per heavy atom. The minimum absolute atomic E-state index is 0.0452. The first-order chi connectivity index (χ1) is 17.1. The summed E-state index contributed by atoms with van der Waals surface area (Å²) in [6.07, 6.45) is 9.81. The lowest BCUT2D eigenvalue weighted by molar-refractivity contribution is 0.0934. The number of nitrogens with zero attached hydrogens (tertiary/aromatic N) is 5. The number of hydrogen-bond acceptors (Lipinski definition) is 5. The van der Waals surface area contributed by atoms with E-state index < -0.39 is 5.82 Å². The molecule has 0 aliphatic heterocycles. The van der Waals surface area contributed by atoms with E-state index in [0.29, 0.717) is 23.5 Å². The van der Waals surface area contributed by atoms with Crippen LogP contribution in [-0.4, -0.2) is 36.5 Å². The normalized spacial score (nSPS) is 14.1. The number of benzene rings is 2. The van der Waals surface area contributed by atoms with Gasteiger partial charge in [-0.3, -0.25) is 9.78 Å². The monoisotopic (exact) mass is 466 g/mol. The summed E-state index contributed by atoms with van der Waals surface area (Å²) >= 11 is 0. The van der Waals surface area contributed by atoms with Gasteiger partial charge in [0.1, 0.15) is 11.5 Å². The third-order valence-corrected chi connectivity index (χ3v) is 6.55. The maximum atomic E-state index is 14.9. The molecule has 1 aliphatic carbocycles. The van der Waals surface area contributed by atoms with E-state index in [0.717, 1.165) is 47.8 Å². The van der Waals surface area contributed by atoms with Crippen LogP contribution in [0.15, 0.2) is 67.1 Å². The SMILES string of the molecule is O=C(NC1CCCC1)c1ccc(-c2cnc3ncc(Cc4ccc5ncccc5c4)n3n2)cc1F. The number of imidazole rings is 1. The highest BCUT2D eigenvalue weighted by Crippen LogP contribution is 2.23. The summed E-state index contributed by atoms with van der Waals surface area (Å²) in [5.41, 5.74) is 4.00. The molecule has 0 spiro atoms. The lowest BCUT2D eigenvalue weighted by Crippen LogP contribution is -2.33. The Labute approximate surface area is 201 Å². The van der Waals surface area contributed by atoms with Crippen LogP contribution in [0.1, 0.15) is 47.3 Å². The van der Waals surface area contributed by atoms with Gasteiger partial charge in [-0.1, -0.05) is 31.0 Å². The molecular formula is C27H23FN6O. The smallest absolute Gasteiger partial charge is 0.254 e. The zero-order chi connectivity index (χ0) is 23.8. The maximum absolute atomic E-state index is 14.9. The summed E-state index contributed by atoms with van der Waals surface area (Å²) in [7, 11) is 0. The number of carbonyl (C=O) groups is 1. The van der Waals surface area contributed by atoms with Gasteiger partial charge in [-0.05, 0) is 48.7 Å². The number of nitrogens with one attached hydrogen (secondary N) is 1. The summed E-state index contributed by atoms with van der Waals surface area (Å²) in [5, 5.41) is 8.68. The Morgan fingerprint density at radius 3 is 2.74 bits per heavy atom. The second-order valence-corrected chi connectivity index (χ2v) is 8.96. The Bertz CT molecular complexity index is 1560. The number of rotatable bonds is 5. The molecule has 3 aromatic heterocycles. The lowest BCUT2D eigenvalue weighted by Gasteiger charge is -2.12. The van der Waals surface area contributed by atoms with Crippen LogP contribution in [0.5, 0.6) is 0 Å². The van der Waals surface area contributed by atoms with Crippen LogP contribution in [0, 0.1) is 5.82 Å². The minimum atomic E-state index is -0.574. The van der Waals surface area contributed by atoms with E-state index >= 15 is 0 Å². The third kappa shape index (κ3) is 4.23. The number of halogens is 1. The van der Waals surface area contributed by atoms with Gasteiger partial charge in [0.2, 0.25) is 0 Å². The van der Waals surface area contributed by atoms with Crippen LogP contribution in [-0.2, 0) is 6.42 Å². The predicted octanol–water partition coefficient (Wildman–Crippen LogP) is 4.74. The molecule has 6 rings (SSSR count). The molecule has 0 saturated heterocycles. The fraction of sp³-hybridized carbons (Fsp3) is 0.222. The van der Waals surface area contributed by atoms with Gasteiger partial charge in [0.25, 0.3) is 11.7 Å². The van der Waals surface area contributed by atoms with Crippen LogP contribution in [0.2, 0.25) is 0 Å². The molecule has 2 aromatic carbocycles. The number of pyridine rings is 1. The number of fused-ring (bicyclic) bond motifs is 2. The summed E-state index contributed by atoms with van der Waals surface area (Å²) in [6.45, 7) is 0. The molecule has 7 nitrogen and oxygen atoms in total. The zero-order valence-electron chi connectivity index (χ0n) is 19.0. The predicted molar refractivity (Wildman–Crippen MR) is 130 cm³/mol. The van der Waals surface area contributed by atoms with Gasteiger partial charge < -0.3 is 5.32 Å². The zero-order valence-corrected chi connectivity index (χ0v) is 19.0. The summed E-state index contributed by atoms with van der Waals surface area (Å²) in [4.78, 5) is 25.7. The summed E-state index contributed by atoms with van der Waals surface area (Å²) in [6, 6.07) is 14.8. The third-order valence-electron chi connectivity index (χ3n) is 6.55. The quantitative estimate of drug-likeness (QED) is 0.404. The molecule has 3 heterocycles. The van der Waals surface area contributed by atoms with Crippen molar-refractivity contribution in [3.05, 3.63) is 89.8 Å². The molecule has 8 heteroatoms. The molecule has 0 radical (unpaired) electrons. The molecule has 1 saturated carbocycles. The summed E-state index contributed by atoms with van der Waals surface area (Å²) < 4.78 is 16.6. The topological polar surface area (TPSA) is 85.1 Å². The van der Waals surface area contributed by atoms with Crippen LogP contribution < -0.4 is 5.32 Å². The first kappa shape index (κ1) is 21.3. The first-order valence-corrected chi connectivity index (χ1v) is 11.8. The van der Waals surface area contributed by atoms with E-state index in [2.05, 4.69) is 31.4 Å². The Morgan fingerprint density at radius 2 is 1.89 bits per heavy atom. The molecule has 174 valence electrons. The molecule has 0 unspecified atom stereocenters. The van der Waals surface area contributed by atoms with E-state index in [4.69, 9.17) is 0 Å². The molecule has 1 fully saturated rings. The van der Waals surface area contributed by atoms with Crippen LogP contribution >= 0.6 is 0 Å². The summed E-state index contributed by atoms with van der Waals surface area (Å²) in [5.74, 6) is -0.472. The van der Waals surface area contributed by atoms with E-state index in [1.165, 1.54) is 12.1 Å². The van der Waals surface area contributed by atoms with Crippen molar-refractivity contribution in [2.75, 3.05) is 0 Å². The molecule has 1 aliphatic rings. The van der Waals surface area contributed by atoms with Crippen molar-refractivity contribution in [2.45, 2.75) is 38.1 Å². The molecule has 5 aromatic rings. The van der Waals surface area contributed by atoms with E-state index in [1.807, 2.05) is 24.3 Å². The van der Waals surface area contributed by atoms with Gasteiger partial charge in [0, 0.05) is 29.6 Å².